The van der Waals surface area contributed by atoms with Crippen molar-refractivity contribution >= 4 is 0 Å². The third kappa shape index (κ3) is 3.00. The number of rotatable bonds is 4. The lowest BCUT2D eigenvalue weighted by molar-refractivity contribution is 0.435. The third-order valence-corrected chi connectivity index (χ3v) is 4.04. The van der Waals surface area contributed by atoms with Crippen molar-refractivity contribution in [2.24, 2.45) is 0 Å². The van der Waals surface area contributed by atoms with Gasteiger partial charge in [-0.1, -0.05) is 60.9 Å². The number of benzene rings is 2. The lowest BCUT2D eigenvalue weighted by Crippen LogP contribution is -1.96. The highest BCUT2D eigenvalue weighted by Crippen LogP contribution is 2.35. The summed E-state index contributed by atoms with van der Waals surface area (Å²) in [7, 11) is 0. The van der Waals surface area contributed by atoms with Crippen molar-refractivity contribution in [1.82, 2.24) is 9.78 Å². The molecule has 0 bridgehead atoms. The van der Waals surface area contributed by atoms with E-state index in [4.69, 9.17) is 0 Å². The molecule has 0 aliphatic rings. The van der Waals surface area contributed by atoms with Crippen LogP contribution in [0.3, 0.4) is 0 Å². The summed E-state index contributed by atoms with van der Waals surface area (Å²) in [6, 6.07) is 16.2. The van der Waals surface area contributed by atoms with Crippen LogP contribution in [0.5, 0.6) is 5.88 Å². The molecular weight excluding hydrogens is 284 g/mol. The second kappa shape index (κ2) is 6.29. The number of aromatic nitrogens is 2. The zero-order chi connectivity index (χ0) is 16.4. The van der Waals surface area contributed by atoms with Crippen LogP contribution in [0.1, 0.15) is 30.2 Å². The first kappa shape index (κ1) is 15.3. The van der Waals surface area contributed by atoms with E-state index in [0.29, 0.717) is 0 Å². The highest BCUT2D eigenvalue weighted by molar-refractivity contribution is 5.72. The topological polar surface area (TPSA) is 38.0 Å². The average Bonchev–Trinajstić information content (AvgIpc) is 2.86. The molecule has 1 aromatic heterocycles. The van der Waals surface area contributed by atoms with Gasteiger partial charge in [-0.05, 0) is 38.0 Å². The molecule has 0 aliphatic heterocycles. The monoisotopic (exact) mass is 306 g/mol. The maximum atomic E-state index is 10.8. The van der Waals surface area contributed by atoms with Gasteiger partial charge in [-0.25, -0.2) is 4.68 Å². The summed E-state index contributed by atoms with van der Waals surface area (Å²) in [6.45, 7) is 6.24. The first-order valence-electron chi connectivity index (χ1n) is 8.05. The molecule has 2 aromatic carbocycles. The summed E-state index contributed by atoms with van der Waals surface area (Å²) in [5.74, 6) is 0.209. The van der Waals surface area contributed by atoms with Crippen LogP contribution in [0, 0.1) is 13.8 Å². The van der Waals surface area contributed by atoms with Crippen molar-refractivity contribution < 1.29 is 5.11 Å². The van der Waals surface area contributed by atoms with Crippen LogP contribution in [0.2, 0.25) is 0 Å². The van der Waals surface area contributed by atoms with Gasteiger partial charge in [0.1, 0.15) is 0 Å². The number of aromatic hydroxyl groups is 1. The number of hydrogen-bond donors (Lipinski definition) is 1. The summed E-state index contributed by atoms with van der Waals surface area (Å²) in [5, 5.41) is 15.4. The standard InChI is InChI=1S/C20H22N2O/c1-4-5-18-19(16-10-6-14(2)7-11-16)20(23)22(21-18)17-12-8-15(3)9-13-17/h6-13,23H,4-5H2,1-3H3. The first-order chi connectivity index (χ1) is 11.1. The van der Waals surface area contributed by atoms with E-state index in [2.05, 4.69) is 31.1 Å². The molecule has 1 N–H and O–H groups in total. The maximum absolute atomic E-state index is 10.8. The largest absolute Gasteiger partial charge is 0.493 e. The van der Waals surface area contributed by atoms with E-state index >= 15 is 0 Å². The van der Waals surface area contributed by atoms with E-state index < -0.39 is 0 Å². The summed E-state index contributed by atoms with van der Waals surface area (Å²) in [5.41, 5.74) is 6.06. The Morgan fingerprint density at radius 3 is 2.04 bits per heavy atom. The molecule has 3 nitrogen and oxygen atoms in total. The van der Waals surface area contributed by atoms with Gasteiger partial charge < -0.3 is 5.11 Å². The molecule has 1 heterocycles. The Kier molecular flexibility index (Phi) is 4.20. The Bertz CT molecular complexity index is 799. The number of hydrogen-bond acceptors (Lipinski definition) is 2. The first-order valence-corrected chi connectivity index (χ1v) is 8.05. The Balaban J connectivity index is 2.14. The predicted molar refractivity (Wildman–Crippen MR) is 94.1 cm³/mol. The van der Waals surface area contributed by atoms with Gasteiger partial charge in [0.05, 0.1) is 16.9 Å². The van der Waals surface area contributed by atoms with E-state index in [1.54, 1.807) is 4.68 Å². The Labute approximate surface area is 137 Å². The van der Waals surface area contributed by atoms with E-state index in [1.807, 2.05) is 43.3 Å². The fourth-order valence-electron chi connectivity index (χ4n) is 2.75. The van der Waals surface area contributed by atoms with Crippen LogP contribution in [-0.2, 0) is 6.42 Å². The van der Waals surface area contributed by atoms with E-state index in [0.717, 1.165) is 35.3 Å². The molecule has 0 fully saturated rings. The average molecular weight is 306 g/mol. The van der Waals surface area contributed by atoms with E-state index in [-0.39, 0.29) is 5.88 Å². The quantitative estimate of drug-likeness (QED) is 0.751. The maximum Gasteiger partial charge on any atom is 0.222 e. The van der Waals surface area contributed by atoms with Gasteiger partial charge in [-0.15, -0.1) is 0 Å². The minimum absolute atomic E-state index is 0.209. The molecule has 3 aromatic rings. The highest BCUT2D eigenvalue weighted by atomic mass is 16.3. The lowest BCUT2D eigenvalue weighted by atomic mass is 10.0. The van der Waals surface area contributed by atoms with Crippen LogP contribution in [0.25, 0.3) is 16.8 Å². The van der Waals surface area contributed by atoms with Gasteiger partial charge in [0.15, 0.2) is 0 Å². The third-order valence-electron chi connectivity index (χ3n) is 4.04. The van der Waals surface area contributed by atoms with Gasteiger partial charge in [-0.2, -0.15) is 5.10 Å². The molecule has 0 amide bonds. The van der Waals surface area contributed by atoms with Crippen molar-refractivity contribution in [3.05, 3.63) is 65.4 Å². The number of nitrogens with zero attached hydrogens (tertiary/aromatic N) is 2. The van der Waals surface area contributed by atoms with Gasteiger partial charge in [0.2, 0.25) is 5.88 Å². The Morgan fingerprint density at radius 1 is 0.913 bits per heavy atom. The van der Waals surface area contributed by atoms with Crippen LogP contribution in [0.15, 0.2) is 48.5 Å². The SMILES string of the molecule is CCCc1nn(-c2ccc(C)cc2)c(O)c1-c1ccc(C)cc1. The van der Waals surface area contributed by atoms with Crippen LogP contribution in [-0.4, -0.2) is 14.9 Å². The molecule has 118 valence electrons. The summed E-state index contributed by atoms with van der Waals surface area (Å²) >= 11 is 0. The zero-order valence-corrected chi connectivity index (χ0v) is 13.9. The zero-order valence-electron chi connectivity index (χ0n) is 13.9. The van der Waals surface area contributed by atoms with Gasteiger partial charge in [0.25, 0.3) is 0 Å². The van der Waals surface area contributed by atoms with Gasteiger partial charge in [-0.3, -0.25) is 0 Å². The fraction of sp³-hybridized carbons (Fsp3) is 0.250. The molecule has 0 aliphatic carbocycles. The molecule has 0 radical (unpaired) electrons. The molecule has 3 rings (SSSR count). The summed E-state index contributed by atoms with van der Waals surface area (Å²) < 4.78 is 1.64. The molecule has 0 saturated heterocycles. The minimum Gasteiger partial charge on any atom is -0.493 e. The predicted octanol–water partition coefficient (Wildman–Crippen LogP) is 4.81. The van der Waals surface area contributed by atoms with E-state index in [9.17, 15) is 5.11 Å². The molecule has 3 heteroatoms. The van der Waals surface area contributed by atoms with Crippen molar-refractivity contribution in [2.75, 3.05) is 0 Å². The second-order valence-corrected chi connectivity index (χ2v) is 6.01. The van der Waals surface area contributed by atoms with Crippen LogP contribution in [0.4, 0.5) is 0 Å². The Hall–Kier alpha value is -2.55. The van der Waals surface area contributed by atoms with Crippen molar-refractivity contribution in [2.45, 2.75) is 33.6 Å². The lowest BCUT2D eigenvalue weighted by Gasteiger charge is -2.05. The summed E-state index contributed by atoms with van der Waals surface area (Å²) in [4.78, 5) is 0. The molecule has 0 unspecified atom stereocenters. The summed E-state index contributed by atoms with van der Waals surface area (Å²) in [6.07, 6.45) is 1.83. The molecule has 23 heavy (non-hydrogen) atoms. The molecule has 0 saturated carbocycles. The van der Waals surface area contributed by atoms with Crippen molar-refractivity contribution in [3.63, 3.8) is 0 Å². The smallest absolute Gasteiger partial charge is 0.222 e. The molecular formula is C20H22N2O. The molecule has 0 atom stereocenters. The fourth-order valence-corrected chi connectivity index (χ4v) is 2.75. The highest BCUT2D eigenvalue weighted by Gasteiger charge is 2.19. The van der Waals surface area contributed by atoms with Crippen molar-refractivity contribution in [3.8, 4) is 22.7 Å². The molecule has 0 spiro atoms. The van der Waals surface area contributed by atoms with Gasteiger partial charge in [0, 0.05) is 0 Å². The van der Waals surface area contributed by atoms with Crippen LogP contribution < -0.4 is 0 Å². The van der Waals surface area contributed by atoms with Crippen molar-refractivity contribution in [1.29, 1.82) is 0 Å². The minimum atomic E-state index is 0.209. The second-order valence-electron chi connectivity index (χ2n) is 6.01. The number of aryl methyl sites for hydroxylation is 3. The van der Waals surface area contributed by atoms with E-state index in [1.165, 1.54) is 11.1 Å². The van der Waals surface area contributed by atoms with Gasteiger partial charge >= 0.3 is 0 Å². The van der Waals surface area contributed by atoms with Crippen LogP contribution >= 0.6 is 0 Å². The normalized spacial score (nSPS) is 10.9. The Morgan fingerprint density at radius 2 is 1.48 bits per heavy atom.